The van der Waals surface area contributed by atoms with Crippen LogP contribution in [0.25, 0.3) is 0 Å². The fraction of sp³-hybridized carbons (Fsp3) is 0.444. The zero-order chi connectivity index (χ0) is 19.0. The van der Waals surface area contributed by atoms with Gasteiger partial charge in [0.15, 0.2) is 0 Å². The van der Waals surface area contributed by atoms with Crippen LogP contribution in [0.2, 0.25) is 0 Å². The van der Waals surface area contributed by atoms with Crippen molar-refractivity contribution in [2.24, 2.45) is 16.9 Å². The number of carbonyl (C=O) groups is 3. The molecule has 0 spiro atoms. The van der Waals surface area contributed by atoms with Crippen molar-refractivity contribution in [1.29, 1.82) is 0 Å². The first-order valence-corrected chi connectivity index (χ1v) is 8.15. The van der Waals surface area contributed by atoms with Crippen molar-refractivity contribution in [3.63, 3.8) is 0 Å². The van der Waals surface area contributed by atoms with Crippen LogP contribution in [0, 0.1) is 11.8 Å². The van der Waals surface area contributed by atoms with Crippen LogP contribution in [-0.2, 0) is 14.3 Å². The topological polar surface area (TPSA) is 96.9 Å². The van der Waals surface area contributed by atoms with Crippen molar-refractivity contribution in [2.75, 3.05) is 11.9 Å². The average Bonchev–Trinajstić information content (AvgIpc) is 2.52. The summed E-state index contributed by atoms with van der Waals surface area (Å²) >= 11 is 0. The molecule has 0 aliphatic heterocycles. The summed E-state index contributed by atoms with van der Waals surface area (Å²) in [6.07, 6.45) is 0. The number of nitrogens with one attached hydrogen (secondary N) is 2. The maximum absolute atomic E-state index is 12.1. The fourth-order valence-electron chi connectivity index (χ4n) is 2.34. The van der Waals surface area contributed by atoms with Crippen LogP contribution in [0.3, 0.4) is 0 Å². The summed E-state index contributed by atoms with van der Waals surface area (Å²) in [5, 5.41) is 6.67. The van der Waals surface area contributed by atoms with E-state index in [1.165, 1.54) is 6.92 Å². The number of ether oxygens (including phenoxy) is 1. The molecule has 1 atom stereocenters. The lowest BCUT2D eigenvalue weighted by atomic mass is 9.92. The Kier molecular flexibility index (Phi) is 7.78. The molecule has 2 amide bonds. The molecule has 7 heteroatoms. The number of hydrogen-bond donors (Lipinski definition) is 2. The van der Waals surface area contributed by atoms with E-state index in [9.17, 15) is 14.4 Å². The van der Waals surface area contributed by atoms with Crippen LogP contribution in [0.5, 0.6) is 0 Å². The van der Waals surface area contributed by atoms with Gasteiger partial charge in [-0.15, -0.1) is 0 Å². The van der Waals surface area contributed by atoms with Crippen molar-refractivity contribution in [2.45, 2.75) is 34.6 Å². The molecule has 0 saturated heterocycles. The summed E-state index contributed by atoms with van der Waals surface area (Å²) in [4.78, 5) is 35.1. The SMILES string of the molecule is CCOC(=O)[C@H](/C(C)=N/NC(=O)c1ccc(NC(C)=O)cc1)C(C)C. The lowest BCUT2D eigenvalue weighted by molar-refractivity contribution is -0.146. The van der Waals surface area contributed by atoms with Gasteiger partial charge in [-0.25, -0.2) is 5.43 Å². The van der Waals surface area contributed by atoms with Crippen molar-refractivity contribution in [3.05, 3.63) is 29.8 Å². The highest BCUT2D eigenvalue weighted by molar-refractivity contribution is 6.02. The van der Waals surface area contributed by atoms with E-state index in [2.05, 4.69) is 15.8 Å². The molecule has 0 radical (unpaired) electrons. The largest absolute Gasteiger partial charge is 0.465 e. The number of benzene rings is 1. The van der Waals surface area contributed by atoms with E-state index < -0.39 is 11.8 Å². The fourth-order valence-corrected chi connectivity index (χ4v) is 2.34. The molecular weight excluding hydrogens is 322 g/mol. The first-order valence-electron chi connectivity index (χ1n) is 8.15. The molecule has 0 saturated carbocycles. The summed E-state index contributed by atoms with van der Waals surface area (Å²) in [7, 11) is 0. The van der Waals surface area contributed by atoms with Gasteiger partial charge in [-0.3, -0.25) is 14.4 Å². The Morgan fingerprint density at radius 1 is 1.12 bits per heavy atom. The van der Waals surface area contributed by atoms with Crippen LogP contribution in [-0.4, -0.2) is 30.1 Å². The molecule has 0 fully saturated rings. The third kappa shape index (κ3) is 6.37. The van der Waals surface area contributed by atoms with Crippen LogP contribution < -0.4 is 10.7 Å². The molecule has 25 heavy (non-hydrogen) atoms. The van der Waals surface area contributed by atoms with Gasteiger partial charge >= 0.3 is 5.97 Å². The molecular formula is C18H25N3O4. The maximum atomic E-state index is 12.1. The maximum Gasteiger partial charge on any atom is 0.314 e. The molecule has 0 bridgehead atoms. The number of hydrazone groups is 1. The lowest BCUT2D eigenvalue weighted by Gasteiger charge is -2.18. The molecule has 1 rings (SSSR count). The molecule has 2 N–H and O–H groups in total. The van der Waals surface area contributed by atoms with Gasteiger partial charge < -0.3 is 10.1 Å². The third-order valence-corrected chi connectivity index (χ3v) is 3.46. The smallest absolute Gasteiger partial charge is 0.314 e. The molecule has 1 aromatic rings. The molecule has 0 aromatic heterocycles. The zero-order valence-electron chi connectivity index (χ0n) is 15.3. The van der Waals surface area contributed by atoms with E-state index in [4.69, 9.17) is 4.74 Å². The first-order chi connectivity index (χ1) is 11.8. The molecule has 0 unspecified atom stereocenters. The van der Waals surface area contributed by atoms with Gasteiger partial charge in [-0.05, 0) is 44.0 Å². The Morgan fingerprint density at radius 3 is 2.20 bits per heavy atom. The van der Waals surface area contributed by atoms with E-state index >= 15 is 0 Å². The van der Waals surface area contributed by atoms with Crippen LogP contribution >= 0.6 is 0 Å². The Hall–Kier alpha value is -2.70. The molecule has 0 aliphatic carbocycles. The van der Waals surface area contributed by atoms with E-state index in [0.29, 0.717) is 23.6 Å². The number of anilines is 1. The van der Waals surface area contributed by atoms with Gasteiger partial charge in [-0.2, -0.15) is 5.10 Å². The third-order valence-electron chi connectivity index (χ3n) is 3.46. The molecule has 0 aliphatic rings. The van der Waals surface area contributed by atoms with E-state index in [0.717, 1.165) is 0 Å². The van der Waals surface area contributed by atoms with Gasteiger partial charge in [0.1, 0.15) is 0 Å². The van der Waals surface area contributed by atoms with Crippen LogP contribution in [0.4, 0.5) is 5.69 Å². The minimum absolute atomic E-state index is 0.00311. The first kappa shape index (κ1) is 20.3. The van der Waals surface area contributed by atoms with Crippen molar-refractivity contribution in [1.82, 2.24) is 5.43 Å². The second kappa shape index (κ2) is 9.56. The highest BCUT2D eigenvalue weighted by Crippen LogP contribution is 2.15. The van der Waals surface area contributed by atoms with Crippen molar-refractivity contribution in [3.8, 4) is 0 Å². The Morgan fingerprint density at radius 2 is 1.72 bits per heavy atom. The average molecular weight is 347 g/mol. The van der Waals surface area contributed by atoms with Crippen LogP contribution in [0.15, 0.2) is 29.4 Å². The zero-order valence-corrected chi connectivity index (χ0v) is 15.3. The Labute approximate surface area is 147 Å². The Bertz CT molecular complexity index is 651. The molecule has 136 valence electrons. The van der Waals surface area contributed by atoms with Gasteiger partial charge in [-0.1, -0.05) is 13.8 Å². The summed E-state index contributed by atoms with van der Waals surface area (Å²) in [5.41, 5.74) is 3.92. The standard InChI is InChI=1S/C18H25N3O4/c1-6-25-18(24)16(11(2)3)12(4)20-21-17(23)14-7-9-15(10-8-14)19-13(5)22/h7-11,16H,6H2,1-5H3,(H,19,22)(H,21,23)/b20-12+/t16-/m0/s1. The summed E-state index contributed by atoms with van der Waals surface area (Å²) in [5.74, 6) is -1.46. The number of carbonyl (C=O) groups excluding carboxylic acids is 3. The molecule has 7 nitrogen and oxygen atoms in total. The van der Waals surface area contributed by atoms with Gasteiger partial charge in [0.05, 0.1) is 12.5 Å². The number of rotatable bonds is 7. The van der Waals surface area contributed by atoms with E-state index in [-0.39, 0.29) is 17.8 Å². The van der Waals surface area contributed by atoms with Gasteiger partial charge in [0, 0.05) is 23.9 Å². The normalized spacial score (nSPS) is 12.5. The highest BCUT2D eigenvalue weighted by atomic mass is 16.5. The summed E-state index contributed by atoms with van der Waals surface area (Å²) in [6.45, 7) is 8.91. The minimum Gasteiger partial charge on any atom is -0.465 e. The predicted octanol–water partition coefficient (Wildman–Crippen LogP) is 2.59. The quantitative estimate of drug-likeness (QED) is 0.450. The summed E-state index contributed by atoms with van der Waals surface area (Å²) in [6, 6.07) is 6.41. The van der Waals surface area contributed by atoms with Crippen molar-refractivity contribution >= 4 is 29.2 Å². The second-order valence-electron chi connectivity index (χ2n) is 5.93. The number of amides is 2. The van der Waals surface area contributed by atoms with Gasteiger partial charge in [0.2, 0.25) is 5.91 Å². The second-order valence-corrected chi connectivity index (χ2v) is 5.93. The van der Waals surface area contributed by atoms with Crippen LogP contribution in [0.1, 0.15) is 45.0 Å². The van der Waals surface area contributed by atoms with Gasteiger partial charge in [0.25, 0.3) is 5.91 Å². The van der Waals surface area contributed by atoms with E-state index in [1.807, 2.05) is 13.8 Å². The summed E-state index contributed by atoms with van der Waals surface area (Å²) < 4.78 is 5.06. The molecule has 1 aromatic carbocycles. The number of hydrogen-bond acceptors (Lipinski definition) is 5. The number of nitrogens with zero attached hydrogens (tertiary/aromatic N) is 1. The molecule has 0 heterocycles. The minimum atomic E-state index is -0.512. The highest BCUT2D eigenvalue weighted by Gasteiger charge is 2.26. The Balaban J connectivity index is 2.79. The van der Waals surface area contributed by atoms with E-state index in [1.54, 1.807) is 38.1 Å². The monoisotopic (exact) mass is 347 g/mol. The predicted molar refractivity (Wildman–Crippen MR) is 96.3 cm³/mol. The number of esters is 1. The lowest BCUT2D eigenvalue weighted by Crippen LogP contribution is -2.31. The van der Waals surface area contributed by atoms with Crippen molar-refractivity contribution < 1.29 is 19.1 Å².